The van der Waals surface area contributed by atoms with Gasteiger partial charge in [-0.05, 0) is 72.0 Å². The minimum absolute atomic E-state index is 0. The average Bonchev–Trinajstić information content (AvgIpc) is 3.30. The third-order valence-corrected chi connectivity index (χ3v) is 9.89. The van der Waals surface area contributed by atoms with Crippen LogP contribution >= 0.6 is 0 Å². The van der Waals surface area contributed by atoms with E-state index in [1.165, 1.54) is 0 Å². The first-order valence-electron chi connectivity index (χ1n) is 17.7. The van der Waals surface area contributed by atoms with Crippen molar-refractivity contribution in [3.8, 4) is 12.5 Å². The Kier molecular flexibility index (Phi) is 15.5. The van der Waals surface area contributed by atoms with Crippen LogP contribution in [0.2, 0.25) is 0 Å². The maximum atomic E-state index is 14.2. The molecule has 0 saturated carbocycles. The molecular weight excluding hydrogens is 580 g/mol. The van der Waals surface area contributed by atoms with E-state index in [0.717, 1.165) is 64.6 Å². The Morgan fingerprint density at radius 1 is 0.935 bits per heavy atom. The van der Waals surface area contributed by atoms with Crippen LogP contribution in [-0.2, 0) is 19.2 Å². The molecule has 10 nitrogen and oxygen atoms in total. The number of carbonyl (C=O) groups excluding carboxylic acids is 4. The lowest BCUT2D eigenvalue weighted by atomic mass is 9.69. The summed E-state index contributed by atoms with van der Waals surface area (Å²) in [5.74, 6) is 0.122. The Morgan fingerprint density at radius 3 is 2.13 bits per heavy atom. The molecule has 0 aliphatic carbocycles. The monoisotopic (exact) mass is 670 g/mol. The molecule has 2 rings (SSSR count). The highest BCUT2D eigenvalue weighted by Crippen LogP contribution is 2.41. The number of hydrogen-bond donors (Lipinski definition) is 2. The van der Waals surface area contributed by atoms with E-state index >= 15 is 0 Å². The number of nitrogens with one attached hydrogen (secondary N) is 2. The van der Waals surface area contributed by atoms with Crippen molar-refractivity contribution in [3.63, 3.8) is 0 Å². The van der Waals surface area contributed by atoms with Gasteiger partial charge in [0.2, 0.25) is 23.6 Å². The normalized spacial score (nSPS) is 19.0. The van der Waals surface area contributed by atoms with Crippen LogP contribution in [0.25, 0.3) is 0 Å². The highest BCUT2D eigenvalue weighted by Gasteiger charge is 2.45. The van der Waals surface area contributed by atoms with Crippen LogP contribution in [0.5, 0.6) is 0 Å². The molecule has 286 valence electrons. The van der Waals surface area contributed by atoms with Gasteiger partial charge in [0.1, 0.15) is 6.04 Å². The lowest BCUT2D eigenvalue weighted by molar-refractivity contribution is -0.822. The average molecular weight is 670 g/mol. The van der Waals surface area contributed by atoms with Crippen molar-refractivity contribution in [2.45, 2.75) is 117 Å². The predicted molar refractivity (Wildman–Crippen MR) is 210 cm³/mol. The van der Waals surface area contributed by atoms with Gasteiger partial charge in [0.15, 0.2) is 0 Å². The number of nitrogens with zero attached hydrogens (tertiary/aromatic N) is 4. The molecule has 2 aliphatic rings. The van der Waals surface area contributed by atoms with Gasteiger partial charge in [-0.25, -0.2) is 0 Å². The molecule has 46 heavy (non-hydrogen) atoms. The van der Waals surface area contributed by atoms with Gasteiger partial charge >= 0.3 is 0 Å². The van der Waals surface area contributed by atoms with Crippen molar-refractivity contribution in [1.82, 2.24) is 25.3 Å². The zero-order chi connectivity index (χ0) is 34.5. The SMILES string of the molecule is C#C[N+](C)(C)CCCNC(=O)C(C)(C)CC(C)(CC(CC(CC)N1CCCCCC1=O)N1CCCC1=O)C(=O)NCCCN(C)C.[HH].[HH].[HH].[HH].[HH].[HH].[HH].[HH].[HH].[HH].[HH].[HH]. The second-order valence-electron chi connectivity index (χ2n) is 15.4. The Labute approximate surface area is 297 Å². The maximum Gasteiger partial charge on any atom is 0.226 e. The van der Waals surface area contributed by atoms with Crippen molar-refractivity contribution in [2.75, 3.05) is 67.5 Å². The minimum Gasteiger partial charge on any atom is -0.356 e. The fourth-order valence-electron chi connectivity index (χ4n) is 7.21. The van der Waals surface area contributed by atoms with Crippen LogP contribution in [-0.4, -0.2) is 122 Å². The second-order valence-corrected chi connectivity index (χ2v) is 15.4. The fraction of sp³-hybridized carbons (Fsp3) is 0.833. The molecule has 2 N–H and O–H groups in total. The Bertz CT molecular complexity index is 1110. The third kappa shape index (κ3) is 12.2. The van der Waals surface area contributed by atoms with Crippen LogP contribution < -0.4 is 10.6 Å². The van der Waals surface area contributed by atoms with Crippen molar-refractivity contribution in [1.29, 1.82) is 0 Å². The first-order chi connectivity index (χ1) is 21.5. The van der Waals surface area contributed by atoms with E-state index < -0.39 is 10.8 Å². The second kappa shape index (κ2) is 18.1. The van der Waals surface area contributed by atoms with E-state index in [0.29, 0.717) is 56.2 Å². The minimum atomic E-state index is -0.921. The first-order valence-corrected chi connectivity index (χ1v) is 17.7. The van der Waals surface area contributed by atoms with Gasteiger partial charge in [-0.15, -0.1) is 0 Å². The summed E-state index contributed by atoms with van der Waals surface area (Å²) in [6.45, 7) is 11.9. The molecule has 4 amide bonds. The molecule has 0 spiro atoms. The van der Waals surface area contributed by atoms with Crippen molar-refractivity contribution in [3.05, 3.63) is 0 Å². The van der Waals surface area contributed by atoms with Crippen LogP contribution in [0.1, 0.15) is 122 Å². The van der Waals surface area contributed by atoms with E-state index in [1.54, 1.807) is 0 Å². The number of rotatable bonds is 19. The van der Waals surface area contributed by atoms with Crippen molar-refractivity contribution < 1.29 is 40.8 Å². The molecule has 2 aliphatic heterocycles. The largest absolute Gasteiger partial charge is 0.356 e. The molecule has 0 radical (unpaired) electrons. The number of hydrogen-bond acceptors (Lipinski definition) is 5. The van der Waals surface area contributed by atoms with Crippen LogP contribution in [0.15, 0.2) is 0 Å². The van der Waals surface area contributed by atoms with E-state index in [4.69, 9.17) is 6.42 Å². The maximum absolute atomic E-state index is 14.2. The third-order valence-electron chi connectivity index (χ3n) is 9.89. The highest BCUT2D eigenvalue weighted by atomic mass is 16.2. The van der Waals surface area contributed by atoms with E-state index in [-0.39, 0.29) is 52.8 Å². The number of terminal acetylenes is 1. The summed E-state index contributed by atoms with van der Waals surface area (Å²) in [6.07, 6.45) is 14.2. The van der Waals surface area contributed by atoms with Gasteiger partial charge in [-0.2, -0.15) is 0 Å². The van der Waals surface area contributed by atoms with Crippen molar-refractivity contribution in [2.24, 2.45) is 10.8 Å². The van der Waals surface area contributed by atoms with Crippen LogP contribution in [0.3, 0.4) is 0 Å². The van der Waals surface area contributed by atoms with Crippen LogP contribution in [0.4, 0.5) is 0 Å². The van der Waals surface area contributed by atoms with E-state index in [2.05, 4.69) is 28.5 Å². The fourth-order valence-corrected chi connectivity index (χ4v) is 7.21. The van der Waals surface area contributed by atoms with Gasteiger partial charge in [0.05, 0.1) is 20.6 Å². The molecule has 2 fully saturated rings. The number of carbonyl (C=O) groups is 4. The van der Waals surface area contributed by atoms with Gasteiger partial charge in [-0.1, -0.05) is 40.5 Å². The van der Waals surface area contributed by atoms with E-state index in [1.807, 2.05) is 58.8 Å². The number of amides is 4. The molecule has 10 heteroatoms. The molecule has 0 aromatic heterocycles. The predicted octanol–water partition coefficient (Wildman–Crippen LogP) is 6.55. The summed E-state index contributed by atoms with van der Waals surface area (Å²) in [5, 5.41) is 6.28. The zero-order valence-electron chi connectivity index (χ0n) is 30.4. The Balaban J connectivity index is -0.000000205. The Hall–Kier alpha value is -2.64. The summed E-state index contributed by atoms with van der Waals surface area (Å²) in [5.41, 5.74) is -1.76. The number of quaternary nitrogens is 1. The molecule has 2 heterocycles. The van der Waals surface area contributed by atoms with Gasteiger partial charge in [0, 0.05) is 85.5 Å². The van der Waals surface area contributed by atoms with Crippen LogP contribution in [0, 0.1) is 23.3 Å². The quantitative estimate of drug-likeness (QED) is 0.0923. The first kappa shape index (κ1) is 39.5. The summed E-state index contributed by atoms with van der Waals surface area (Å²) < 4.78 is 0.434. The highest BCUT2D eigenvalue weighted by molar-refractivity contribution is 5.86. The van der Waals surface area contributed by atoms with E-state index in [9.17, 15) is 19.2 Å². The molecule has 3 atom stereocenters. The lowest BCUT2D eigenvalue weighted by Gasteiger charge is -2.42. The summed E-state index contributed by atoms with van der Waals surface area (Å²) in [6, 6.07) is 2.53. The molecule has 2 saturated heterocycles. The summed E-state index contributed by atoms with van der Waals surface area (Å²) >= 11 is 0. The Morgan fingerprint density at radius 2 is 1.52 bits per heavy atom. The van der Waals surface area contributed by atoms with Crippen molar-refractivity contribution >= 4 is 23.6 Å². The van der Waals surface area contributed by atoms with Gasteiger partial charge < -0.3 is 25.3 Å². The standard InChI is InChI=1S/C36H64N6O4.12H2/c1-10-29(40-23-14-12-13-18-31(40)43)26-30(41-24-15-19-32(41)44)27-36(5,34(46)38-20-16-22-39(6)7)28-35(3,4)33(45)37-21-17-25-42(8,9)11-2;;;;;;;;;;;;/h2,29-30H,10,12-28H2,1,3-9H3,(H-,37,38,45,46);12*1H/p+1. The number of likely N-dealkylation sites (tertiary alicyclic amines) is 2. The lowest BCUT2D eigenvalue weighted by Crippen LogP contribution is -2.52. The smallest absolute Gasteiger partial charge is 0.226 e. The molecule has 3 unspecified atom stereocenters. The zero-order valence-corrected chi connectivity index (χ0v) is 30.4. The topological polar surface area (TPSA) is 102 Å². The van der Waals surface area contributed by atoms with Gasteiger partial charge in [-0.3, -0.25) is 23.7 Å². The molecule has 0 aromatic rings. The summed E-state index contributed by atoms with van der Waals surface area (Å²) in [7, 11) is 7.94. The summed E-state index contributed by atoms with van der Waals surface area (Å²) in [4.78, 5) is 60.2. The molecule has 0 aromatic carbocycles. The molecule has 0 bridgehead atoms. The molecular formula is C36H89N6O4+. The van der Waals surface area contributed by atoms with Gasteiger partial charge in [0.25, 0.3) is 0 Å².